The molecule has 4 heteroatoms. The summed E-state index contributed by atoms with van der Waals surface area (Å²) >= 11 is 0. The Morgan fingerprint density at radius 3 is 2.71 bits per heavy atom. The van der Waals surface area contributed by atoms with Gasteiger partial charge in [0.1, 0.15) is 5.82 Å². The molecule has 1 N–H and O–H groups in total. The first-order valence-electron chi connectivity index (χ1n) is 7.81. The van der Waals surface area contributed by atoms with Gasteiger partial charge in [-0.05, 0) is 52.2 Å². The van der Waals surface area contributed by atoms with Crippen molar-refractivity contribution in [2.75, 3.05) is 25.1 Å². The Labute approximate surface area is 128 Å². The number of nitrogens with one attached hydrogen (secondary N) is 1. The van der Waals surface area contributed by atoms with Gasteiger partial charge in [-0.25, -0.2) is 4.98 Å². The molecule has 1 unspecified atom stereocenters. The molecule has 0 aliphatic carbocycles. The van der Waals surface area contributed by atoms with E-state index >= 15 is 0 Å². The zero-order valence-corrected chi connectivity index (χ0v) is 14.1. The minimum absolute atomic E-state index is 0.0492. The third-order valence-electron chi connectivity index (χ3n) is 4.11. The summed E-state index contributed by atoms with van der Waals surface area (Å²) in [6, 6.07) is 4.29. The van der Waals surface area contributed by atoms with Crippen LogP contribution < -0.4 is 10.2 Å². The second kappa shape index (κ2) is 6.32. The Morgan fingerprint density at radius 2 is 2.14 bits per heavy atom. The molecule has 0 amide bonds. The third kappa shape index (κ3) is 4.68. The Hall–Kier alpha value is -1.13. The summed E-state index contributed by atoms with van der Waals surface area (Å²) in [4.78, 5) is 6.96. The number of ether oxygens (including phenoxy) is 1. The van der Waals surface area contributed by atoms with E-state index in [0.717, 1.165) is 38.3 Å². The number of piperidine rings is 1. The van der Waals surface area contributed by atoms with Crippen LogP contribution in [0.1, 0.15) is 46.1 Å². The zero-order valence-electron chi connectivity index (χ0n) is 14.1. The summed E-state index contributed by atoms with van der Waals surface area (Å²) < 4.78 is 5.65. The van der Waals surface area contributed by atoms with Crippen molar-refractivity contribution in [3.63, 3.8) is 0 Å². The molecule has 0 spiro atoms. The van der Waals surface area contributed by atoms with Crippen LogP contribution >= 0.6 is 0 Å². The second-order valence-electron chi connectivity index (χ2n) is 7.31. The van der Waals surface area contributed by atoms with Crippen LogP contribution in [0.4, 0.5) is 5.82 Å². The zero-order chi connectivity index (χ0) is 15.5. The molecule has 2 rings (SSSR count). The van der Waals surface area contributed by atoms with Crippen LogP contribution in [0.3, 0.4) is 0 Å². The minimum Gasteiger partial charge on any atom is -0.377 e. The van der Waals surface area contributed by atoms with Crippen molar-refractivity contribution in [3.8, 4) is 0 Å². The molecule has 1 aromatic heterocycles. The lowest BCUT2D eigenvalue weighted by molar-refractivity contribution is -0.00481. The number of anilines is 1. The molecule has 118 valence electrons. The fourth-order valence-corrected chi connectivity index (χ4v) is 2.64. The van der Waals surface area contributed by atoms with E-state index in [0.29, 0.717) is 0 Å². The second-order valence-corrected chi connectivity index (χ2v) is 7.31. The lowest BCUT2D eigenvalue weighted by atomic mass is 9.95. The van der Waals surface area contributed by atoms with Gasteiger partial charge in [0.25, 0.3) is 0 Å². The van der Waals surface area contributed by atoms with Crippen molar-refractivity contribution >= 4 is 5.82 Å². The van der Waals surface area contributed by atoms with E-state index in [4.69, 9.17) is 4.74 Å². The summed E-state index contributed by atoms with van der Waals surface area (Å²) in [6.45, 7) is 11.5. The van der Waals surface area contributed by atoms with Gasteiger partial charge in [-0.1, -0.05) is 6.07 Å². The van der Waals surface area contributed by atoms with Gasteiger partial charge in [0.05, 0.1) is 5.60 Å². The van der Waals surface area contributed by atoms with Crippen molar-refractivity contribution in [2.24, 2.45) is 0 Å². The summed E-state index contributed by atoms with van der Waals surface area (Å²) in [5.74, 6) is 1.05. The summed E-state index contributed by atoms with van der Waals surface area (Å²) in [5, 5.41) is 3.49. The standard InChI is InChI=1S/C17H29N3O/c1-16(2,3)19-12-14-7-8-15(18-11-14)20-10-6-9-17(4,13-20)21-5/h7-8,11,19H,6,9-10,12-13H2,1-5H3. The number of hydrogen-bond donors (Lipinski definition) is 1. The van der Waals surface area contributed by atoms with Crippen molar-refractivity contribution in [1.82, 2.24) is 10.3 Å². The molecule has 0 saturated carbocycles. The van der Waals surface area contributed by atoms with E-state index in [1.54, 1.807) is 7.11 Å². The topological polar surface area (TPSA) is 37.4 Å². The number of rotatable bonds is 4. The predicted octanol–water partition coefficient (Wildman–Crippen LogP) is 2.98. The number of aromatic nitrogens is 1. The molecule has 21 heavy (non-hydrogen) atoms. The van der Waals surface area contributed by atoms with Gasteiger partial charge in [-0.2, -0.15) is 0 Å². The highest BCUT2D eigenvalue weighted by Crippen LogP contribution is 2.26. The molecule has 4 nitrogen and oxygen atoms in total. The van der Waals surface area contributed by atoms with Crippen molar-refractivity contribution < 1.29 is 4.74 Å². The van der Waals surface area contributed by atoms with Crippen LogP contribution in [-0.4, -0.2) is 36.3 Å². The summed E-state index contributed by atoms with van der Waals surface area (Å²) in [7, 11) is 1.80. The first-order valence-corrected chi connectivity index (χ1v) is 7.81. The maximum atomic E-state index is 5.65. The maximum Gasteiger partial charge on any atom is 0.128 e. The Balaban J connectivity index is 1.98. The number of nitrogens with zero attached hydrogens (tertiary/aromatic N) is 2. The average molecular weight is 291 g/mol. The van der Waals surface area contributed by atoms with Crippen LogP contribution in [0.15, 0.2) is 18.3 Å². The molecule has 1 saturated heterocycles. The highest BCUT2D eigenvalue weighted by Gasteiger charge is 2.31. The van der Waals surface area contributed by atoms with Crippen LogP contribution in [0.5, 0.6) is 0 Å². The molecule has 1 aromatic rings. The maximum absolute atomic E-state index is 5.65. The number of pyridine rings is 1. The minimum atomic E-state index is -0.0492. The van der Waals surface area contributed by atoms with Gasteiger partial charge < -0.3 is 15.0 Å². The van der Waals surface area contributed by atoms with E-state index in [9.17, 15) is 0 Å². The SMILES string of the molecule is COC1(C)CCCN(c2ccc(CNC(C)(C)C)cn2)C1. The molecule has 1 aliphatic heterocycles. The van der Waals surface area contributed by atoms with E-state index < -0.39 is 0 Å². The lowest BCUT2D eigenvalue weighted by Gasteiger charge is -2.40. The van der Waals surface area contributed by atoms with Crippen molar-refractivity contribution in [2.45, 2.75) is 58.2 Å². The predicted molar refractivity (Wildman–Crippen MR) is 87.7 cm³/mol. The van der Waals surface area contributed by atoms with Gasteiger partial charge in [0.2, 0.25) is 0 Å². The summed E-state index contributed by atoms with van der Waals surface area (Å²) in [6.07, 6.45) is 4.25. The highest BCUT2D eigenvalue weighted by atomic mass is 16.5. The van der Waals surface area contributed by atoms with Gasteiger partial charge in [-0.15, -0.1) is 0 Å². The molecular weight excluding hydrogens is 262 g/mol. The van der Waals surface area contributed by atoms with Crippen LogP contribution in [0, 0.1) is 0 Å². The number of methoxy groups -OCH3 is 1. The van der Waals surface area contributed by atoms with E-state index in [1.807, 2.05) is 6.20 Å². The fourth-order valence-electron chi connectivity index (χ4n) is 2.64. The monoisotopic (exact) mass is 291 g/mol. The van der Waals surface area contributed by atoms with E-state index in [1.165, 1.54) is 5.56 Å². The van der Waals surface area contributed by atoms with Crippen LogP contribution in [0.2, 0.25) is 0 Å². The quantitative estimate of drug-likeness (QED) is 0.925. The molecule has 0 aromatic carbocycles. The van der Waals surface area contributed by atoms with Crippen molar-refractivity contribution in [1.29, 1.82) is 0 Å². The average Bonchev–Trinajstić information content (AvgIpc) is 2.45. The molecule has 2 heterocycles. The largest absolute Gasteiger partial charge is 0.377 e. The Bertz CT molecular complexity index is 452. The van der Waals surface area contributed by atoms with Gasteiger partial charge in [-0.3, -0.25) is 0 Å². The fraction of sp³-hybridized carbons (Fsp3) is 0.706. The van der Waals surface area contributed by atoms with Gasteiger partial charge >= 0.3 is 0 Å². The molecule has 1 fully saturated rings. The Morgan fingerprint density at radius 1 is 1.38 bits per heavy atom. The smallest absolute Gasteiger partial charge is 0.128 e. The van der Waals surface area contributed by atoms with Crippen LogP contribution in [-0.2, 0) is 11.3 Å². The highest BCUT2D eigenvalue weighted by molar-refractivity contribution is 5.40. The first kappa shape index (κ1) is 16.2. The van der Waals surface area contributed by atoms with Crippen molar-refractivity contribution in [3.05, 3.63) is 23.9 Å². The van der Waals surface area contributed by atoms with Gasteiger partial charge in [0, 0.05) is 38.5 Å². The third-order valence-corrected chi connectivity index (χ3v) is 4.11. The number of hydrogen-bond acceptors (Lipinski definition) is 4. The van der Waals surface area contributed by atoms with E-state index in [-0.39, 0.29) is 11.1 Å². The van der Waals surface area contributed by atoms with Gasteiger partial charge in [0.15, 0.2) is 0 Å². The normalized spacial score (nSPS) is 23.4. The molecule has 0 bridgehead atoms. The van der Waals surface area contributed by atoms with Crippen LogP contribution in [0.25, 0.3) is 0 Å². The molecular formula is C17H29N3O. The first-order chi connectivity index (χ1) is 9.81. The molecule has 1 atom stereocenters. The summed E-state index contributed by atoms with van der Waals surface area (Å²) in [5.41, 5.74) is 1.30. The Kier molecular flexibility index (Phi) is 4.89. The molecule has 1 aliphatic rings. The molecule has 0 radical (unpaired) electrons. The van der Waals surface area contributed by atoms with E-state index in [2.05, 4.69) is 55.0 Å². The lowest BCUT2D eigenvalue weighted by Crippen LogP contribution is -2.47.